The fourth-order valence-electron chi connectivity index (χ4n) is 1.71. The van der Waals surface area contributed by atoms with Crippen LogP contribution in [0.4, 0.5) is 0 Å². The van der Waals surface area contributed by atoms with Gasteiger partial charge in [-0.25, -0.2) is 4.98 Å². The monoisotopic (exact) mass is 238 g/mol. The molecule has 0 fully saturated rings. The molecule has 0 atom stereocenters. The number of hydrogen-bond acceptors (Lipinski definition) is 4. The molecule has 2 heterocycles. The second kappa shape index (κ2) is 5.89. The van der Waals surface area contributed by atoms with Crippen LogP contribution < -0.4 is 5.32 Å². The summed E-state index contributed by atoms with van der Waals surface area (Å²) in [6.45, 7) is 3.43. The topological polar surface area (TPSA) is 61.6 Å². The quantitative estimate of drug-likeness (QED) is 0.884. The van der Waals surface area contributed by atoms with Crippen molar-refractivity contribution in [3.05, 3.63) is 59.2 Å². The summed E-state index contributed by atoms with van der Waals surface area (Å²) in [6, 6.07) is 7.85. The molecular formula is C14H14N4. The van der Waals surface area contributed by atoms with Crippen molar-refractivity contribution in [2.45, 2.75) is 20.0 Å². The van der Waals surface area contributed by atoms with Crippen molar-refractivity contribution in [1.29, 1.82) is 5.26 Å². The first-order valence-corrected chi connectivity index (χ1v) is 5.75. The number of pyridine rings is 2. The first-order chi connectivity index (χ1) is 8.81. The van der Waals surface area contributed by atoms with Gasteiger partial charge in [-0.2, -0.15) is 5.26 Å². The van der Waals surface area contributed by atoms with E-state index in [2.05, 4.69) is 21.4 Å². The maximum atomic E-state index is 8.93. The molecule has 0 aliphatic heterocycles. The van der Waals surface area contributed by atoms with Gasteiger partial charge in [0.05, 0.1) is 0 Å². The molecule has 2 aromatic rings. The van der Waals surface area contributed by atoms with E-state index in [0.29, 0.717) is 12.2 Å². The second-order valence-electron chi connectivity index (χ2n) is 4.03. The highest BCUT2D eigenvalue weighted by molar-refractivity contribution is 5.30. The van der Waals surface area contributed by atoms with E-state index in [-0.39, 0.29) is 0 Å². The summed E-state index contributed by atoms with van der Waals surface area (Å²) in [6.07, 6.45) is 5.27. The van der Waals surface area contributed by atoms with Gasteiger partial charge >= 0.3 is 0 Å². The summed E-state index contributed by atoms with van der Waals surface area (Å²) in [5.41, 5.74) is 3.78. The van der Waals surface area contributed by atoms with Crippen LogP contribution in [0.3, 0.4) is 0 Å². The zero-order chi connectivity index (χ0) is 12.8. The third-order valence-electron chi connectivity index (χ3n) is 2.76. The molecule has 0 aromatic carbocycles. The minimum atomic E-state index is 0.483. The van der Waals surface area contributed by atoms with Crippen LogP contribution in [0.1, 0.15) is 22.4 Å². The van der Waals surface area contributed by atoms with Gasteiger partial charge in [-0.15, -0.1) is 0 Å². The van der Waals surface area contributed by atoms with Crippen molar-refractivity contribution in [2.75, 3.05) is 0 Å². The Balaban J connectivity index is 1.97. The second-order valence-corrected chi connectivity index (χ2v) is 4.03. The van der Waals surface area contributed by atoms with E-state index in [1.807, 2.05) is 31.3 Å². The van der Waals surface area contributed by atoms with Gasteiger partial charge in [0.15, 0.2) is 0 Å². The average molecular weight is 238 g/mol. The van der Waals surface area contributed by atoms with Gasteiger partial charge in [0.2, 0.25) is 0 Å². The lowest BCUT2D eigenvalue weighted by Gasteiger charge is -2.07. The van der Waals surface area contributed by atoms with Crippen molar-refractivity contribution in [3.63, 3.8) is 0 Å². The molecule has 90 valence electrons. The van der Waals surface area contributed by atoms with E-state index in [0.717, 1.165) is 17.7 Å². The first-order valence-electron chi connectivity index (χ1n) is 5.75. The summed E-state index contributed by atoms with van der Waals surface area (Å²) >= 11 is 0. The number of nitrogens with one attached hydrogen (secondary N) is 1. The predicted octanol–water partition coefficient (Wildman–Crippen LogP) is 1.95. The number of rotatable bonds is 4. The van der Waals surface area contributed by atoms with Crippen LogP contribution in [-0.4, -0.2) is 9.97 Å². The Labute approximate surface area is 106 Å². The molecule has 0 unspecified atom stereocenters. The normalized spacial score (nSPS) is 10.0. The van der Waals surface area contributed by atoms with E-state index < -0.39 is 0 Å². The van der Waals surface area contributed by atoms with Gasteiger partial charge in [-0.1, -0.05) is 6.07 Å². The molecule has 2 rings (SSSR count). The van der Waals surface area contributed by atoms with Crippen molar-refractivity contribution >= 4 is 0 Å². The molecule has 0 spiro atoms. The molecular weight excluding hydrogens is 224 g/mol. The smallest absolute Gasteiger partial charge is 0.144 e. The Hall–Kier alpha value is -2.25. The third kappa shape index (κ3) is 2.90. The molecule has 0 bridgehead atoms. The molecule has 18 heavy (non-hydrogen) atoms. The van der Waals surface area contributed by atoms with Gasteiger partial charge < -0.3 is 5.32 Å². The molecule has 0 saturated heterocycles. The van der Waals surface area contributed by atoms with Crippen LogP contribution in [0, 0.1) is 18.3 Å². The lowest BCUT2D eigenvalue weighted by Crippen LogP contribution is -2.14. The number of aryl methyl sites for hydroxylation is 1. The highest BCUT2D eigenvalue weighted by atomic mass is 14.9. The highest BCUT2D eigenvalue weighted by Crippen LogP contribution is 2.06. The van der Waals surface area contributed by atoms with Crippen molar-refractivity contribution in [1.82, 2.24) is 15.3 Å². The highest BCUT2D eigenvalue weighted by Gasteiger charge is 2.02. The lowest BCUT2D eigenvalue weighted by molar-refractivity contribution is 0.686. The number of nitrogens with zero attached hydrogens (tertiary/aromatic N) is 3. The first kappa shape index (κ1) is 12.2. The van der Waals surface area contributed by atoms with Crippen molar-refractivity contribution in [2.24, 2.45) is 0 Å². The van der Waals surface area contributed by atoms with E-state index in [4.69, 9.17) is 5.26 Å². The molecule has 1 N–H and O–H groups in total. The molecule has 4 heteroatoms. The standard InChI is InChI=1S/C14H14N4/c1-11-8-16-6-4-12(11)9-17-10-13-3-2-5-18-14(13)7-15/h2-6,8,17H,9-10H2,1H3. The Morgan fingerprint density at radius 3 is 2.83 bits per heavy atom. The summed E-state index contributed by atoms with van der Waals surface area (Å²) in [7, 11) is 0. The Kier molecular flexibility index (Phi) is 4.00. The van der Waals surface area contributed by atoms with Crippen LogP contribution >= 0.6 is 0 Å². The van der Waals surface area contributed by atoms with Gasteiger partial charge in [-0.3, -0.25) is 4.98 Å². The zero-order valence-corrected chi connectivity index (χ0v) is 10.2. The Morgan fingerprint density at radius 2 is 2.06 bits per heavy atom. The maximum absolute atomic E-state index is 8.93. The number of aromatic nitrogens is 2. The maximum Gasteiger partial charge on any atom is 0.144 e. The van der Waals surface area contributed by atoms with Crippen LogP contribution in [-0.2, 0) is 13.1 Å². The Bertz CT molecular complexity index is 572. The fourth-order valence-corrected chi connectivity index (χ4v) is 1.71. The molecule has 0 aliphatic carbocycles. The molecule has 0 radical (unpaired) electrons. The van der Waals surface area contributed by atoms with Crippen molar-refractivity contribution < 1.29 is 0 Å². The van der Waals surface area contributed by atoms with E-state index in [9.17, 15) is 0 Å². The van der Waals surface area contributed by atoms with Gasteiger partial charge in [0.1, 0.15) is 11.8 Å². The SMILES string of the molecule is Cc1cnccc1CNCc1cccnc1C#N. The summed E-state index contributed by atoms with van der Waals surface area (Å²) in [5.74, 6) is 0. The number of nitriles is 1. The van der Waals surface area contributed by atoms with Crippen LogP contribution in [0.15, 0.2) is 36.8 Å². The van der Waals surface area contributed by atoms with Crippen LogP contribution in [0.2, 0.25) is 0 Å². The summed E-state index contributed by atoms with van der Waals surface area (Å²) < 4.78 is 0. The average Bonchev–Trinajstić information content (AvgIpc) is 2.41. The minimum absolute atomic E-state index is 0.483. The summed E-state index contributed by atoms with van der Waals surface area (Å²) in [5, 5.41) is 12.2. The molecule has 0 amide bonds. The number of hydrogen-bond donors (Lipinski definition) is 1. The van der Waals surface area contributed by atoms with Gasteiger partial charge in [0, 0.05) is 37.2 Å². The molecule has 0 saturated carbocycles. The molecule has 2 aromatic heterocycles. The van der Waals surface area contributed by atoms with Crippen molar-refractivity contribution in [3.8, 4) is 6.07 Å². The molecule has 4 nitrogen and oxygen atoms in total. The largest absolute Gasteiger partial charge is 0.309 e. The summed E-state index contributed by atoms with van der Waals surface area (Å²) in [4.78, 5) is 8.09. The van der Waals surface area contributed by atoms with E-state index in [1.165, 1.54) is 5.56 Å². The third-order valence-corrected chi connectivity index (χ3v) is 2.76. The molecule has 0 aliphatic rings. The fraction of sp³-hybridized carbons (Fsp3) is 0.214. The van der Waals surface area contributed by atoms with Gasteiger partial charge in [-0.05, 0) is 30.2 Å². The van der Waals surface area contributed by atoms with E-state index >= 15 is 0 Å². The Morgan fingerprint density at radius 1 is 1.22 bits per heavy atom. The lowest BCUT2D eigenvalue weighted by atomic mass is 10.1. The van der Waals surface area contributed by atoms with E-state index in [1.54, 1.807) is 12.4 Å². The zero-order valence-electron chi connectivity index (χ0n) is 10.2. The van der Waals surface area contributed by atoms with Crippen LogP contribution in [0.5, 0.6) is 0 Å². The van der Waals surface area contributed by atoms with Crippen LogP contribution in [0.25, 0.3) is 0 Å². The minimum Gasteiger partial charge on any atom is -0.309 e. The predicted molar refractivity (Wildman–Crippen MR) is 68.5 cm³/mol. The van der Waals surface area contributed by atoms with Gasteiger partial charge in [0.25, 0.3) is 0 Å².